The first-order chi connectivity index (χ1) is 16.5. The van der Waals surface area contributed by atoms with Crippen molar-refractivity contribution in [2.45, 2.75) is 19.8 Å². The quantitative estimate of drug-likeness (QED) is 0.324. The third-order valence-corrected chi connectivity index (χ3v) is 6.67. The van der Waals surface area contributed by atoms with Crippen molar-refractivity contribution in [1.29, 1.82) is 0 Å². The van der Waals surface area contributed by atoms with Crippen LogP contribution in [0.5, 0.6) is 5.75 Å². The number of halogens is 1. The molecule has 2 aromatic heterocycles. The molecule has 2 N–H and O–H groups in total. The van der Waals surface area contributed by atoms with Crippen molar-refractivity contribution in [3.63, 3.8) is 0 Å². The molecular weight excluding hydrogens is 472 g/mol. The van der Waals surface area contributed by atoms with Gasteiger partial charge in [0, 0.05) is 29.1 Å². The second kappa shape index (κ2) is 10.7. The van der Waals surface area contributed by atoms with Crippen molar-refractivity contribution in [3.05, 3.63) is 75.8 Å². The largest absolute Gasteiger partial charge is 0.497 e. The van der Waals surface area contributed by atoms with Crippen molar-refractivity contribution >= 4 is 45.0 Å². The molecule has 2 heterocycles. The van der Waals surface area contributed by atoms with E-state index in [1.54, 1.807) is 31.4 Å². The number of aryl methyl sites for hydroxylation is 1. The highest BCUT2D eigenvalue weighted by molar-refractivity contribution is 7.20. The van der Waals surface area contributed by atoms with Gasteiger partial charge in [0.15, 0.2) is 0 Å². The molecule has 0 aliphatic heterocycles. The zero-order valence-corrected chi connectivity index (χ0v) is 20.5. The van der Waals surface area contributed by atoms with Gasteiger partial charge in [0.05, 0.1) is 23.4 Å². The Balaban J connectivity index is 1.34. The molecule has 34 heavy (non-hydrogen) atoms. The number of aromatic nitrogens is 2. The Labute approximate surface area is 206 Å². The normalized spacial score (nSPS) is 10.9. The molecule has 9 heteroatoms. The second-order valence-corrected chi connectivity index (χ2v) is 9.08. The predicted octanol–water partition coefficient (Wildman–Crippen LogP) is 4.86. The maximum atomic E-state index is 12.7. The number of hydrogen-bond acceptors (Lipinski definition) is 5. The van der Waals surface area contributed by atoms with Gasteiger partial charge in [-0.25, -0.2) is 4.68 Å². The van der Waals surface area contributed by atoms with E-state index < -0.39 is 0 Å². The first-order valence-electron chi connectivity index (χ1n) is 11.0. The van der Waals surface area contributed by atoms with Crippen LogP contribution >= 0.6 is 22.9 Å². The summed E-state index contributed by atoms with van der Waals surface area (Å²) in [6.45, 7) is 2.96. The summed E-state index contributed by atoms with van der Waals surface area (Å²) in [6.07, 6.45) is 1.38. The molecule has 0 saturated heterocycles. The van der Waals surface area contributed by atoms with Gasteiger partial charge in [-0.3, -0.25) is 9.59 Å². The van der Waals surface area contributed by atoms with Crippen LogP contribution in [-0.4, -0.2) is 41.8 Å². The van der Waals surface area contributed by atoms with E-state index in [2.05, 4.69) is 10.6 Å². The van der Waals surface area contributed by atoms with Crippen LogP contribution in [0.2, 0.25) is 5.02 Å². The van der Waals surface area contributed by atoms with Crippen molar-refractivity contribution in [2.24, 2.45) is 0 Å². The smallest absolute Gasteiger partial charge is 0.261 e. The molecule has 0 fully saturated rings. The number of hydrogen-bond donors (Lipinski definition) is 2. The third-order valence-electron chi connectivity index (χ3n) is 5.32. The molecule has 0 bridgehead atoms. The van der Waals surface area contributed by atoms with Crippen molar-refractivity contribution in [1.82, 2.24) is 20.4 Å². The molecule has 0 saturated carbocycles. The first kappa shape index (κ1) is 23.8. The zero-order chi connectivity index (χ0) is 24.1. The lowest BCUT2D eigenvalue weighted by Gasteiger charge is -2.07. The lowest BCUT2D eigenvalue weighted by molar-refractivity contribution is 0.0953. The van der Waals surface area contributed by atoms with Gasteiger partial charge in [0.1, 0.15) is 10.6 Å². The van der Waals surface area contributed by atoms with Gasteiger partial charge >= 0.3 is 0 Å². The summed E-state index contributed by atoms with van der Waals surface area (Å²) in [6, 6.07) is 16.3. The third kappa shape index (κ3) is 5.24. The van der Waals surface area contributed by atoms with Gasteiger partial charge in [-0.2, -0.15) is 5.10 Å². The Bertz CT molecular complexity index is 1310. The Morgan fingerprint density at radius 2 is 1.79 bits per heavy atom. The topological polar surface area (TPSA) is 85.3 Å². The summed E-state index contributed by atoms with van der Waals surface area (Å²) >= 11 is 7.56. The summed E-state index contributed by atoms with van der Waals surface area (Å²) in [5.74, 6) is 0.408. The van der Waals surface area contributed by atoms with E-state index in [0.29, 0.717) is 40.7 Å². The number of ether oxygens (including phenoxy) is 1. The number of fused-ring (bicyclic) bond motifs is 1. The van der Waals surface area contributed by atoms with E-state index in [1.807, 2.05) is 41.9 Å². The summed E-state index contributed by atoms with van der Waals surface area (Å²) in [4.78, 5) is 26.5. The Kier molecular flexibility index (Phi) is 7.49. The van der Waals surface area contributed by atoms with E-state index in [1.165, 1.54) is 11.3 Å². The molecule has 0 aliphatic carbocycles. The number of methoxy groups -OCH3 is 1. The molecule has 0 unspecified atom stereocenters. The molecule has 0 aliphatic rings. The highest BCUT2D eigenvalue weighted by Gasteiger charge is 2.18. The lowest BCUT2D eigenvalue weighted by Crippen LogP contribution is -2.29. The van der Waals surface area contributed by atoms with Crippen LogP contribution in [0, 0.1) is 0 Å². The van der Waals surface area contributed by atoms with Gasteiger partial charge in [-0.1, -0.05) is 24.6 Å². The highest BCUT2D eigenvalue weighted by Crippen LogP contribution is 2.31. The van der Waals surface area contributed by atoms with Crippen LogP contribution in [0.4, 0.5) is 0 Å². The van der Waals surface area contributed by atoms with Gasteiger partial charge in [-0.15, -0.1) is 11.3 Å². The van der Waals surface area contributed by atoms with Crippen molar-refractivity contribution in [2.75, 3.05) is 20.2 Å². The number of nitrogens with zero attached hydrogens (tertiary/aromatic N) is 2. The molecular formula is C25H25ClN4O3S. The SMILES string of the molecule is CCc1nn(-c2cccc(Cl)c2)c2sc(C(=O)NCCCNC(=O)c3ccc(OC)cc3)cc12. The monoisotopic (exact) mass is 496 g/mol. The number of thiophene rings is 1. The van der Waals surface area contributed by atoms with E-state index in [-0.39, 0.29) is 11.8 Å². The second-order valence-electron chi connectivity index (χ2n) is 7.62. The number of amides is 2. The molecule has 0 atom stereocenters. The average molecular weight is 497 g/mol. The van der Waals surface area contributed by atoms with Gasteiger partial charge < -0.3 is 15.4 Å². The number of nitrogens with one attached hydrogen (secondary N) is 2. The number of benzene rings is 2. The summed E-state index contributed by atoms with van der Waals surface area (Å²) in [5, 5.41) is 12.1. The minimum Gasteiger partial charge on any atom is -0.497 e. The predicted molar refractivity (Wildman–Crippen MR) is 136 cm³/mol. The van der Waals surface area contributed by atoms with Crippen LogP contribution in [0.1, 0.15) is 39.1 Å². The maximum absolute atomic E-state index is 12.7. The van der Waals surface area contributed by atoms with Crippen LogP contribution in [0.3, 0.4) is 0 Å². The molecule has 4 aromatic rings. The minimum absolute atomic E-state index is 0.137. The number of carbonyl (C=O) groups excluding carboxylic acids is 2. The molecule has 7 nitrogen and oxygen atoms in total. The number of carbonyl (C=O) groups is 2. The van der Waals surface area contributed by atoms with Crippen molar-refractivity contribution < 1.29 is 14.3 Å². The Morgan fingerprint density at radius 1 is 1.06 bits per heavy atom. The number of rotatable bonds is 9. The molecule has 0 spiro atoms. The van der Waals surface area contributed by atoms with Gasteiger partial charge in [-0.05, 0) is 61.4 Å². The van der Waals surface area contributed by atoms with Crippen LogP contribution in [0.15, 0.2) is 54.6 Å². The molecule has 176 valence electrons. The maximum Gasteiger partial charge on any atom is 0.261 e. The Hall–Kier alpha value is -3.36. The Morgan fingerprint density at radius 3 is 2.47 bits per heavy atom. The summed E-state index contributed by atoms with van der Waals surface area (Å²) in [5.41, 5.74) is 2.36. The standard InChI is InChI=1S/C25H25ClN4O3S/c1-3-21-20-15-22(34-25(20)30(29-21)18-7-4-6-17(26)14-18)24(32)28-13-5-12-27-23(31)16-8-10-19(33-2)11-9-16/h4,6-11,14-15H,3,5,12-13H2,1-2H3,(H,27,31)(H,28,32). The van der Waals surface area contributed by atoms with Gasteiger partial charge in [0.2, 0.25) is 0 Å². The fraction of sp³-hybridized carbons (Fsp3) is 0.240. The molecule has 0 radical (unpaired) electrons. The first-order valence-corrected chi connectivity index (χ1v) is 12.2. The van der Waals surface area contributed by atoms with E-state index in [0.717, 1.165) is 28.0 Å². The van der Waals surface area contributed by atoms with Crippen LogP contribution in [0.25, 0.3) is 15.9 Å². The van der Waals surface area contributed by atoms with Crippen LogP contribution in [-0.2, 0) is 6.42 Å². The van der Waals surface area contributed by atoms with Crippen molar-refractivity contribution in [3.8, 4) is 11.4 Å². The minimum atomic E-state index is -0.156. The fourth-order valence-electron chi connectivity index (χ4n) is 3.55. The van der Waals surface area contributed by atoms with E-state index in [4.69, 9.17) is 21.4 Å². The van der Waals surface area contributed by atoms with Crippen LogP contribution < -0.4 is 15.4 Å². The molecule has 4 rings (SSSR count). The summed E-state index contributed by atoms with van der Waals surface area (Å²) in [7, 11) is 1.58. The van der Waals surface area contributed by atoms with E-state index in [9.17, 15) is 9.59 Å². The zero-order valence-electron chi connectivity index (χ0n) is 18.9. The highest BCUT2D eigenvalue weighted by atomic mass is 35.5. The van der Waals surface area contributed by atoms with E-state index >= 15 is 0 Å². The van der Waals surface area contributed by atoms with Gasteiger partial charge in [0.25, 0.3) is 11.8 Å². The average Bonchev–Trinajstić information content (AvgIpc) is 3.43. The summed E-state index contributed by atoms with van der Waals surface area (Å²) < 4.78 is 6.94. The molecule has 2 aromatic carbocycles. The molecule has 2 amide bonds. The lowest BCUT2D eigenvalue weighted by atomic mass is 10.2. The fourth-order valence-corrected chi connectivity index (χ4v) is 4.80.